The van der Waals surface area contributed by atoms with Crippen molar-refractivity contribution in [3.8, 4) is 11.5 Å². The molecule has 0 spiro atoms. The Labute approximate surface area is 153 Å². The van der Waals surface area contributed by atoms with Gasteiger partial charge < -0.3 is 20.8 Å². The van der Waals surface area contributed by atoms with E-state index < -0.39 is 0 Å². The summed E-state index contributed by atoms with van der Waals surface area (Å²) in [6, 6.07) is 9.47. The van der Waals surface area contributed by atoms with Gasteiger partial charge in [0.25, 0.3) is 0 Å². The van der Waals surface area contributed by atoms with E-state index in [-0.39, 0.29) is 0 Å². The molecule has 0 aliphatic heterocycles. The number of nitrogens with one attached hydrogen (secondary N) is 1. The van der Waals surface area contributed by atoms with Crippen molar-refractivity contribution in [2.45, 2.75) is 20.8 Å². The number of nitrogens with two attached hydrogens (primary N) is 1. The minimum absolute atomic E-state index is 0.513. The third kappa shape index (κ3) is 3.06. The van der Waals surface area contributed by atoms with E-state index in [0.29, 0.717) is 22.7 Å². The van der Waals surface area contributed by atoms with Crippen LogP contribution in [-0.4, -0.2) is 29.3 Å². The Kier molecular flexibility index (Phi) is 5.02. The van der Waals surface area contributed by atoms with Crippen LogP contribution in [0.2, 0.25) is 0 Å². The smallest absolute Gasteiger partial charge is 0.153 e. The van der Waals surface area contributed by atoms with Gasteiger partial charge in [-0.1, -0.05) is 12.1 Å². The molecule has 0 saturated heterocycles. The lowest BCUT2D eigenvalue weighted by molar-refractivity contribution is 0.483. The number of anilines is 2. The Balaban J connectivity index is 2.15. The van der Waals surface area contributed by atoms with Crippen molar-refractivity contribution in [2.24, 2.45) is 0 Å². The zero-order valence-corrected chi connectivity index (χ0v) is 15.3. The molecule has 0 amide bonds. The van der Waals surface area contributed by atoms with Gasteiger partial charge in [-0.15, -0.1) is 0 Å². The molecule has 0 radical (unpaired) electrons. The molecular weight excluding hydrogens is 326 g/mol. The van der Waals surface area contributed by atoms with Crippen LogP contribution in [0.3, 0.4) is 0 Å². The summed E-state index contributed by atoms with van der Waals surface area (Å²) < 4.78 is 6.19. The van der Waals surface area contributed by atoms with Gasteiger partial charge in [-0.25, -0.2) is 9.97 Å². The number of ether oxygens (including phenoxy) is 1. The molecular formula is C20H23N5O. The van der Waals surface area contributed by atoms with Crippen LogP contribution >= 0.6 is 0 Å². The minimum atomic E-state index is 0.513. The number of hydrogen-bond donors (Lipinski definition) is 2. The van der Waals surface area contributed by atoms with Gasteiger partial charge >= 0.3 is 0 Å². The van der Waals surface area contributed by atoms with Crippen LogP contribution in [0.1, 0.15) is 25.0 Å². The fourth-order valence-corrected chi connectivity index (χ4v) is 3.02. The number of aromatic nitrogens is 2. The summed E-state index contributed by atoms with van der Waals surface area (Å²) >= 11 is 0. The third-order valence-electron chi connectivity index (χ3n) is 4.45. The van der Waals surface area contributed by atoms with Crippen LogP contribution in [0.5, 0.6) is 11.5 Å². The number of nitrogens with zero attached hydrogens (tertiary/aromatic N) is 3. The standard InChI is InChI=1S/C20H23N5O/c1-4-25(5-2)20-14-7-6-8-17(18(14)23-12-24-20)26-19-13(3)9-10-16(22)15(19)11-21/h6-12,21H,4-5,22H2,1-3H3. The number of para-hydroxylation sites is 1. The van der Waals surface area contributed by atoms with Gasteiger partial charge in [-0.2, -0.15) is 0 Å². The topological polar surface area (TPSA) is 88.1 Å². The van der Waals surface area contributed by atoms with Crippen molar-refractivity contribution in [2.75, 3.05) is 23.7 Å². The first-order valence-corrected chi connectivity index (χ1v) is 8.66. The molecule has 3 rings (SSSR count). The van der Waals surface area contributed by atoms with Crippen molar-refractivity contribution in [1.29, 1.82) is 5.41 Å². The second-order valence-corrected chi connectivity index (χ2v) is 5.98. The second-order valence-electron chi connectivity index (χ2n) is 5.98. The van der Waals surface area contributed by atoms with Gasteiger partial charge in [0.05, 0.1) is 5.56 Å². The van der Waals surface area contributed by atoms with Gasteiger partial charge in [0, 0.05) is 30.4 Å². The Morgan fingerprint density at radius 3 is 2.62 bits per heavy atom. The van der Waals surface area contributed by atoms with Crippen molar-refractivity contribution in [3.05, 3.63) is 47.8 Å². The van der Waals surface area contributed by atoms with E-state index in [9.17, 15) is 0 Å². The van der Waals surface area contributed by atoms with Gasteiger partial charge in [0.15, 0.2) is 5.75 Å². The number of aryl methyl sites for hydroxylation is 1. The lowest BCUT2D eigenvalue weighted by atomic mass is 10.1. The average molecular weight is 349 g/mol. The van der Waals surface area contributed by atoms with E-state index >= 15 is 0 Å². The highest BCUT2D eigenvalue weighted by molar-refractivity contribution is 5.94. The summed E-state index contributed by atoms with van der Waals surface area (Å²) in [5.74, 6) is 2.09. The van der Waals surface area contributed by atoms with Crippen LogP contribution in [0.15, 0.2) is 36.7 Å². The van der Waals surface area contributed by atoms with E-state index in [1.807, 2.05) is 31.2 Å². The molecule has 0 aliphatic carbocycles. The van der Waals surface area contributed by atoms with E-state index in [1.165, 1.54) is 6.21 Å². The quantitative estimate of drug-likeness (QED) is 0.515. The fourth-order valence-electron chi connectivity index (χ4n) is 3.02. The maximum absolute atomic E-state index is 7.67. The predicted octanol–water partition coefficient (Wildman–Crippen LogP) is 4.16. The molecule has 26 heavy (non-hydrogen) atoms. The van der Waals surface area contributed by atoms with Gasteiger partial charge in [-0.05, 0) is 44.5 Å². The van der Waals surface area contributed by atoms with Crippen molar-refractivity contribution >= 4 is 28.6 Å². The lowest BCUT2D eigenvalue weighted by Crippen LogP contribution is -2.23. The van der Waals surface area contributed by atoms with Crippen molar-refractivity contribution < 1.29 is 4.74 Å². The van der Waals surface area contributed by atoms with E-state index in [0.717, 1.165) is 35.4 Å². The molecule has 134 valence electrons. The zero-order valence-electron chi connectivity index (χ0n) is 15.3. The maximum atomic E-state index is 7.67. The zero-order chi connectivity index (χ0) is 18.7. The van der Waals surface area contributed by atoms with Crippen LogP contribution < -0.4 is 15.4 Å². The Hall–Kier alpha value is -3.15. The highest BCUT2D eigenvalue weighted by Crippen LogP contribution is 2.36. The van der Waals surface area contributed by atoms with Crippen LogP contribution in [-0.2, 0) is 0 Å². The molecule has 0 unspecified atom stereocenters. The highest BCUT2D eigenvalue weighted by atomic mass is 16.5. The lowest BCUT2D eigenvalue weighted by Gasteiger charge is -2.21. The monoisotopic (exact) mass is 349 g/mol. The van der Waals surface area contributed by atoms with E-state index in [4.69, 9.17) is 15.9 Å². The van der Waals surface area contributed by atoms with Crippen LogP contribution in [0.4, 0.5) is 11.5 Å². The summed E-state index contributed by atoms with van der Waals surface area (Å²) in [7, 11) is 0. The average Bonchev–Trinajstić information content (AvgIpc) is 2.66. The SMILES string of the molecule is CCN(CC)c1ncnc2c(Oc3c(C)ccc(N)c3C=N)cccc12. The molecule has 0 saturated carbocycles. The fraction of sp³-hybridized carbons (Fsp3) is 0.250. The molecule has 1 heterocycles. The van der Waals surface area contributed by atoms with Gasteiger partial charge in [0.1, 0.15) is 23.4 Å². The number of rotatable bonds is 6. The van der Waals surface area contributed by atoms with E-state index in [2.05, 4.69) is 28.7 Å². The Morgan fingerprint density at radius 1 is 1.15 bits per heavy atom. The molecule has 3 aromatic rings. The third-order valence-corrected chi connectivity index (χ3v) is 4.45. The predicted molar refractivity (Wildman–Crippen MR) is 107 cm³/mol. The van der Waals surface area contributed by atoms with Crippen molar-refractivity contribution in [3.63, 3.8) is 0 Å². The first kappa shape index (κ1) is 17.7. The molecule has 0 fully saturated rings. The normalized spacial score (nSPS) is 10.7. The highest BCUT2D eigenvalue weighted by Gasteiger charge is 2.15. The largest absolute Gasteiger partial charge is 0.454 e. The van der Waals surface area contributed by atoms with Crippen molar-refractivity contribution in [1.82, 2.24) is 9.97 Å². The molecule has 3 N–H and O–H groups in total. The second kappa shape index (κ2) is 7.39. The molecule has 2 aromatic carbocycles. The summed E-state index contributed by atoms with van der Waals surface area (Å²) in [4.78, 5) is 11.1. The number of nitrogen functional groups attached to an aromatic ring is 1. The molecule has 1 aromatic heterocycles. The first-order chi connectivity index (χ1) is 12.6. The number of benzene rings is 2. The van der Waals surface area contributed by atoms with Gasteiger partial charge in [0.2, 0.25) is 0 Å². The van der Waals surface area contributed by atoms with Gasteiger partial charge in [-0.3, -0.25) is 0 Å². The summed E-state index contributed by atoms with van der Waals surface area (Å²) in [5, 5.41) is 8.61. The molecule has 0 atom stereocenters. The number of hydrogen-bond acceptors (Lipinski definition) is 6. The van der Waals surface area contributed by atoms with Crippen LogP contribution in [0, 0.1) is 12.3 Å². The minimum Gasteiger partial charge on any atom is -0.454 e. The first-order valence-electron chi connectivity index (χ1n) is 8.66. The van der Waals surface area contributed by atoms with Crippen LogP contribution in [0.25, 0.3) is 10.9 Å². The maximum Gasteiger partial charge on any atom is 0.153 e. The summed E-state index contributed by atoms with van der Waals surface area (Å²) in [5.41, 5.74) is 8.73. The Morgan fingerprint density at radius 2 is 1.92 bits per heavy atom. The summed E-state index contributed by atoms with van der Waals surface area (Å²) in [6.07, 6.45) is 2.78. The van der Waals surface area contributed by atoms with E-state index in [1.54, 1.807) is 12.4 Å². The molecule has 0 aliphatic rings. The molecule has 0 bridgehead atoms. The Bertz CT molecular complexity index is 950. The molecule has 6 nitrogen and oxygen atoms in total. The summed E-state index contributed by atoms with van der Waals surface area (Å²) in [6.45, 7) is 7.86. The number of fused-ring (bicyclic) bond motifs is 1. The molecule has 6 heteroatoms.